The standard InChI is InChI=1S/C18H16BrNO3S/c1-12-4-6-14(7-5-12)24(21,22)20-11-10-16-15(13(2)19)8-9-17(23-3)18(16)20/h4-11H,2H2,1,3H3. The molecule has 0 amide bonds. The van der Waals surface area contributed by atoms with Gasteiger partial charge in [0.05, 0.1) is 12.0 Å². The second-order valence-electron chi connectivity index (χ2n) is 5.41. The Labute approximate surface area is 149 Å². The summed E-state index contributed by atoms with van der Waals surface area (Å²) in [5.41, 5.74) is 2.32. The normalized spacial score (nSPS) is 11.6. The predicted octanol–water partition coefficient (Wildman–Crippen LogP) is 4.56. The number of rotatable bonds is 4. The van der Waals surface area contributed by atoms with Crippen LogP contribution < -0.4 is 4.74 Å². The monoisotopic (exact) mass is 405 g/mol. The molecule has 1 heterocycles. The van der Waals surface area contributed by atoms with Gasteiger partial charge in [0.2, 0.25) is 0 Å². The van der Waals surface area contributed by atoms with E-state index in [1.165, 1.54) is 11.1 Å². The number of ether oxygens (including phenoxy) is 1. The highest BCUT2D eigenvalue weighted by atomic mass is 79.9. The number of hydrogen-bond donors (Lipinski definition) is 0. The molecular weight excluding hydrogens is 390 g/mol. The lowest BCUT2D eigenvalue weighted by atomic mass is 10.1. The maximum atomic E-state index is 13.0. The van der Waals surface area contributed by atoms with Gasteiger partial charge >= 0.3 is 0 Å². The predicted molar refractivity (Wildman–Crippen MR) is 100 cm³/mol. The van der Waals surface area contributed by atoms with Crippen molar-refractivity contribution < 1.29 is 13.2 Å². The van der Waals surface area contributed by atoms with Gasteiger partial charge in [-0.2, -0.15) is 0 Å². The number of benzene rings is 2. The van der Waals surface area contributed by atoms with E-state index in [-0.39, 0.29) is 4.90 Å². The minimum absolute atomic E-state index is 0.232. The van der Waals surface area contributed by atoms with Crippen LogP contribution in [0.2, 0.25) is 0 Å². The third kappa shape index (κ3) is 2.65. The van der Waals surface area contributed by atoms with Crippen LogP contribution in [0.25, 0.3) is 15.4 Å². The van der Waals surface area contributed by atoms with Crippen molar-refractivity contribution in [1.82, 2.24) is 3.97 Å². The van der Waals surface area contributed by atoms with E-state index in [1.807, 2.05) is 13.0 Å². The van der Waals surface area contributed by atoms with E-state index in [2.05, 4.69) is 22.5 Å². The molecule has 124 valence electrons. The van der Waals surface area contributed by atoms with Crippen LogP contribution in [0.15, 0.2) is 60.1 Å². The van der Waals surface area contributed by atoms with Crippen molar-refractivity contribution in [2.45, 2.75) is 11.8 Å². The van der Waals surface area contributed by atoms with E-state index in [4.69, 9.17) is 4.74 Å². The van der Waals surface area contributed by atoms with Crippen molar-refractivity contribution in [3.8, 4) is 5.75 Å². The molecule has 0 radical (unpaired) electrons. The maximum absolute atomic E-state index is 13.0. The van der Waals surface area contributed by atoms with Crippen LogP contribution in [0.5, 0.6) is 5.75 Å². The molecule has 3 aromatic rings. The average molecular weight is 406 g/mol. The molecule has 24 heavy (non-hydrogen) atoms. The zero-order valence-corrected chi connectivity index (χ0v) is 15.7. The molecule has 2 aromatic carbocycles. The van der Waals surface area contributed by atoms with Gasteiger partial charge in [-0.15, -0.1) is 0 Å². The number of nitrogens with zero attached hydrogens (tertiary/aromatic N) is 1. The van der Waals surface area contributed by atoms with Crippen molar-refractivity contribution >= 4 is 41.3 Å². The first-order chi connectivity index (χ1) is 11.4. The summed E-state index contributed by atoms with van der Waals surface area (Å²) >= 11 is 3.37. The van der Waals surface area contributed by atoms with Gasteiger partial charge in [0.1, 0.15) is 11.3 Å². The number of aryl methyl sites for hydroxylation is 1. The number of aromatic nitrogens is 1. The third-order valence-electron chi connectivity index (χ3n) is 3.87. The Balaban J connectivity index is 2.32. The van der Waals surface area contributed by atoms with Gasteiger partial charge in [-0.05, 0) is 42.8 Å². The molecule has 0 aliphatic carbocycles. The van der Waals surface area contributed by atoms with Crippen LogP contribution in [0.3, 0.4) is 0 Å². The van der Waals surface area contributed by atoms with Crippen molar-refractivity contribution in [3.05, 3.63) is 66.4 Å². The lowest BCUT2D eigenvalue weighted by Crippen LogP contribution is -2.12. The van der Waals surface area contributed by atoms with Gasteiger partial charge in [-0.1, -0.05) is 40.2 Å². The first-order valence-electron chi connectivity index (χ1n) is 7.21. The Morgan fingerprint density at radius 3 is 2.38 bits per heavy atom. The van der Waals surface area contributed by atoms with Gasteiger partial charge in [0.25, 0.3) is 10.0 Å². The minimum Gasteiger partial charge on any atom is -0.495 e. The minimum atomic E-state index is -3.72. The molecular formula is C18H16BrNO3S. The lowest BCUT2D eigenvalue weighted by molar-refractivity contribution is 0.418. The summed E-state index contributed by atoms with van der Waals surface area (Å²) in [4.78, 5) is 0.232. The fraction of sp³-hybridized carbons (Fsp3) is 0.111. The van der Waals surface area contributed by atoms with Gasteiger partial charge in [-0.3, -0.25) is 0 Å². The lowest BCUT2D eigenvalue weighted by Gasteiger charge is -2.12. The average Bonchev–Trinajstić information content (AvgIpc) is 3.00. The molecule has 0 aliphatic heterocycles. The number of methoxy groups -OCH3 is 1. The highest BCUT2D eigenvalue weighted by molar-refractivity contribution is 9.15. The van der Waals surface area contributed by atoms with Gasteiger partial charge in [0, 0.05) is 16.1 Å². The summed E-state index contributed by atoms with van der Waals surface area (Å²) in [6.45, 7) is 5.80. The number of halogens is 1. The second kappa shape index (κ2) is 6.11. The largest absolute Gasteiger partial charge is 0.495 e. The van der Waals surface area contributed by atoms with Gasteiger partial charge in [-0.25, -0.2) is 12.4 Å². The molecule has 6 heteroatoms. The van der Waals surface area contributed by atoms with Crippen LogP contribution in [0, 0.1) is 6.92 Å². The van der Waals surface area contributed by atoms with E-state index in [0.717, 1.165) is 16.5 Å². The topological polar surface area (TPSA) is 48.3 Å². The Kier molecular flexibility index (Phi) is 4.27. The van der Waals surface area contributed by atoms with Crippen molar-refractivity contribution in [3.63, 3.8) is 0 Å². The summed E-state index contributed by atoms with van der Waals surface area (Å²) in [6.07, 6.45) is 1.54. The summed E-state index contributed by atoms with van der Waals surface area (Å²) in [5.74, 6) is 0.489. The molecule has 0 saturated heterocycles. The van der Waals surface area contributed by atoms with Crippen LogP contribution in [0.4, 0.5) is 0 Å². The molecule has 4 nitrogen and oxygen atoms in total. The summed E-state index contributed by atoms with van der Waals surface area (Å²) in [5, 5.41) is 0.756. The van der Waals surface area contributed by atoms with Crippen LogP contribution >= 0.6 is 15.9 Å². The molecule has 0 atom stereocenters. The summed E-state index contributed by atoms with van der Waals surface area (Å²) in [7, 11) is -2.20. The summed E-state index contributed by atoms with van der Waals surface area (Å²) < 4.78 is 33.4. The Morgan fingerprint density at radius 2 is 1.79 bits per heavy atom. The number of fused-ring (bicyclic) bond motifs is 1. The van der Waals surface area contributed by atoms with Crippen LogP contribution in [-0.4, -0.2) is 19.5 Å². The van der Waals surface area contributed by atoms with E-state index in [1.54, 1.807) is 42.6 Å². The summed E-state index contributed by atoms with van der Waals surface area (Å²) in [6, 6.07) is 12.1. The highest BCUT2D eigenvalue weighted by Crippen LogP contribution is 2.36. The molecule has 0 aliphatic rings. The second-order valence-corrected chi connectivity index (χ2v) is 8.18. The van der Waals surface area contributed by atoms with Crippen molar-refractivity contribution in [2.75, 3.05) is 7.11 Å². The molecule has 0 unspecified atom stereocenters. The Bertz CT molecular complexity index is 1030. The first kappa shape index (κ1) is 16.8. The van der Waals surface area contributed by atoms with Crippen LogP contribution in [-0.2, 0) is 10.0 Å². The van der Waals surface area contributed by atoms with E-state index < -0.39 is 10.0 Å². The molecule has 3 rings (SSSR count). The Morgan fingerprint density at radius 1 is 1.12 bits per heavy atom. The van der Waals surface area contributed by atoms with Gasteiger partial charge < -0.3 is 4.74 Å². The van der Waals surface area contributed by atoms with E-state index in [0.29, 0.717) is 15.7 Å². The molecule has 0 N–H and O–H groups in total. The SMILES string of the molecule is C=C(Br)c1ccc(OC)c2c1ccn2S(=O)(=O)c1ccc(C)cc1. The molecule has 1 aromatic heterocycles. The number of hydrogen-bond acceptors (Lipinski definition) is 3. The van der Waals surface area contributed by atoms with Gasteiger partial charge in [0.15, 0.2) is 0 Å². The van der Waals surface area contributed by atoms with E-state index in [9.17, 15) is 8.42 Å². The van der Waals surface area contributed by atoms with E-state index >= 15 is 0 Å². The fourth-order valence-corrected chi connectivity index (χ4v) is 4.33. The smallest absolute Gasteiger partial charge is 0.268 e. The molecule has 0 spiro atoms. The Hall–Kier alpha value is -2.05. The quantitative estimate of drug-likeness (QED) is 0.638. The molecule has 0 bridgehead atoms. The van der Waals surface area contributed by atoms with Crippen molar-refractivity contribution in [1.29, 1.82) is 0 Å². The van der Waals surface area contributed by atoms with Crippen LogP contribution in [0.1, 0.15) is 11.1 Å². The maximum Gasteiger partial charge on any atom is 0.268 e. The fourth-order valence-electron chi connectivity index (χ4n) is 2.63. The highest BCUT2D eigenvalue weighted by Gasteiger charge is 2.22. The molecule has 0 fully saturated rings. The zero-order chi connectivity index (χ0) is 17.5. The molecule has 0 saturated carbocycles. The zero-order valence-electron chi connectivity index (χ0n) is 13.3. The van der Waals surface area contributed by atoms with Crippen molar-refractivity contribution in [2.24, 2.45) is 0 Å². The third-order valence-corrected chi connectivity index (χ3v) is 5.98. The first-order valence-corrected chi connectivity index (χ1v) is 9.44.